The molecular weight excluding hydrogens is 292 g/mol. The monoisotopic (exact) mass is 318 g/mol. The highest BCUT2D eigenvalue weighted by atomic mass is 16.5. The highest BCUT2D eigenvalue weighted by molar-refractivity contribution is 5.94. The van der Waals surface area contributed by atoms with Crippen LogP contribution in [0, 0.1) is 0 Å². The number of hydrogen-bond acceptors (Lipinski definition) is 4. The van der Waals surface area contributed by atoms with Crippen LogP contribution in [0.15, 0.2) is 24.3 Å². The molecule has 0 spiro atoms. The number of carbonyl (C=O) groups is 1. The van der Waals surface area contributed by atoms with Gasteiger partial charge in [-0.2, -0.15) is 0 Å². The summed E-state index contributed by atoms with van der Waals surface area (Å²) in [5.74, 6) is 0.846. The largest absolute Gasteiger partial charge is 0.491 e. The van der Waals surface area contributed by atoms with Crippen LogP contribution in [0.3, 0.4) is 0 Å². The molecule has 2 aliphatic rings. The van der Waals surface area contributed by atoms with E-state index in [1.54, 1.807) is 0 Å². The average molecular weight is 318 g/mol. The molecule has 3 rings (SSSR count). The molecule has 1 N–H and O–H groups in total. The summed E-state index contributed by atoms with van der Waals surface area (Å²) in [4.78, 5) is 14.6. The highest BCUT2D eigenvalue weighted by Crippen LogP contribution is 2.19. The van der Waals surface area contributed by atoms with Crippen molar-refractivity contribution >= 4 is 5.91 Å². The highest BCUT2D eigenvalue weighted by Gasteiger charge is 2.23. The van der Waals surface area contributed by atoms with Crippen molar-refractivity contribution in [1.82, 2.24) is 10.2 Å². The maximum Gasteiger partial charge on any atom is 0.253 e. The van der Waals surface area contributed by atoms with Crippen molar-refractivity contribution in [2.24, 2.45) is 0 Å². The third-order valence-corrected chi connectivity index (χ3v) is 4.73. The number of rotatable bonds is 5. The standard InChI is InChI=1S/C18H26N2O3/c1-19-15-7-9-20(10-8-15)18(21)14-4-2-5-16(12-14)23-13-17-6-3-11-22-17/h2,4-5,12,15,17,19H,3,6-11,13H2,1H3. The predicted molar refractivity (Wildman–Crippen MR) is 88.9 cm³/mol. The first kappa shape index (κ1) is 16.3. The molecule has 5 nitrogen and oxygen atoms in total. The molecule has 2 aliphatic heterocycles. The van der Waals surface area contributed by atoms with Crippen molar-refractivity contribution in [2.75, 3.05) is 33.4 Å². The summed E-state index contributed by atoms with van der Waals surface area (Å²) >= 11 is 0. The zero-order valence-corrected chi connectivity index (χ0v) is 13.8. The predicted octanol–water partition coefficient (Wildman–Crippen LogP) is 2.07. The summed E-state index contributed by atoms with van der Waals surface area (Å²) < 4.78 is 11.4. The summed E-state index contributed by atoms with van der Waals surface area (Å²) in [6, 6.07) is 8.03. The van der Waals surface area contributed by atoms with Crippen molar-refractivity contribution in [3.8, 4) is 5.75 Å². The number of benzene rings is 1. The Morgan fingerprint density at radius 3 is 2.87 bits per heavy atom. The Bertz CT molecular complexity index is 521. The lowest BCUT2D eigenvalue weighted by molar-refractivity contribution is 0.0674. The van der Waals surface area contributed by atoms with Gasteiger partial charge in [-0.25, -0.2) is 0 Å². The molecule has 0 bridgehead atoms. The Kier molecular flexibility index (Phi) is 5.51. The fourth-order valence-corrected chi connectivity index (χ4v) is 3.24. The number of ether oxygens (including phenoxy) is 2. The number of amides is 1. The fraction of sp³-hybridized carbons (Fsp3) is 0.611. The van der Waals surface area contributed by atoms with Gasteiger partial charge in [0.15, 0.2) is 0 Å². The first-order valence-electron chi connectivity index (χ1n) is 8.57. The summed E-state index contributed by atoms with van der Waals surface area (Å²) in [7, 11) is 1.98. The maximum atomic E-state index is 12.6. The molecule has 1 aromatic carbocycles. The molecule has 1 unspecified atom stereocenters. The maximum absolute atomic E-state index is 12.6. The number of nitrogens with zero attached hydrogens (tertiary/aromatic N) is 1. The van der Waals surface area contributed by atoms with Gasteiger partial charge < -0.3 is 19.7 Å². The van der Waals surface area contributed by atoms with E-state index in [0.29, 0.717) is 18.2 Å². The molecule has 1 amide bonds. The SMILES string of the molecule is CNC1CCN(C(=O)c2cccc(OCC3CCCO3)c2)CC1. The van der Waals surface area contributed by atoms with Gasteiger partial charge in [0.25, 0.3) is 5.91 Å². The first-order chi connectivity index (χ1) is 11.3. The second kappa shape index (κ2) is 7.79. The van der Waals surface area contributed by atoms with Gasteiger partial charge in [-0.15, -0.1) is 0 Å². The second-order valence-corrected chi connectivity index (χ2v) is 6.33. The molecule has 2 fully saturated rings. The number of likely N-dealkylation sites (tertiary alicyclic amines) is 1. The molecule has 2 heterocycles. The molecule has 0 saturated carbocycles. The minimum atomic E-state index is 0.0992. The van der Waals surface area contributed by atoms with Gasteiger partial charge in [0.2, 0.25) is 0 Å². The molecule has 23 heavy (non-hydrogen) atoms. The number of piperidine rings is 1. The van der Waals surface area contributed by atoms with Crippen LogP contribution in [0.1, 0.15) is 36.0 Å². The summed E-state index contributed by atoms with van der Waals surface area (Å²) in [6.07, 6.45) is 4.37. The van der Waals surface area contributed by atoms with E-state index < -0.39 is 0 Å². The molecule has 126 valence electrons. The van der Waals surface area contributed by atoms with Crippen LogP contribution in [-0.4, -0.2) is 56.3 Å². The van der Waals surface area contributed by atoms with Crippen LogP contribution in [0.25, 0.3) is 0 Å². The lowest BCUT2D eigenvalue weighted by atomic mass is 10.0. The molecule has 1 atom stereocenters. The third kappa shape index (κ3) is 4.24. The van der Waals surface area contributed by atoms with E-state index in [4.69, 9.17) is 9.47 Å². The zero-order chi connectivity index (χ0) is 16.1. The molecular formula is C18H26N2O3. The van der Waals surface area contributed by atoms with Crippen LogP contribution in [0.5, 0.6) is 5.75 Å². The third-order valence-electron chi connectivity index (χ3n) is 4.73. The van der Waals surface area contributed by atoms with Crippen LogP contribution >= 0.6 is 0 Å². The molecule has 0 radical (unpaired) electrons. The van der Waals surface area contributed by atoms with E-state index in [1.807, 2.05) is 36.2 Å². The zero-order valence-electron chi connectivity index (χ0n) is 13.8. The van der Waals surface area contributed by atoms with Gasteiger partial charge in [-0.3, -0.25) is 4.79 Å². The van der Waals surface area contributed by atoms with Gasteiger partial charge in [-0.1, -0.05) is 6.07 Å². The summed E-state index contributed by atoms with van der Waals surface area (Å²) in [6.45, 7) is 3.01. The Morgan fingerprint density at radius 2 is 2.17 bits per heavy atom. The Hall–Kier alpha value is -1.59. The van der Waals surface area contributed by atoms with Crippen LogP contribution in [-0.2, 0) is 4.74 Å². The van der Waals surface area contributed by atoms with Crippen LogP contribution < -0.4 is 10.1 Å². The van der Waals surface area contributed by atoms with E-state index in [1.165, 1.54) is 0 Å². The van der Waals surface area contributed by atoms with Crippen molar-refractivity contribution in [2.45, 2.75) is 37.8 Å². The average Bonchev–Trinajstić information content (AvgIpc) is 3.13. The van der Waals surface area contributed by atoms with Gasteiger partial charge in [0, 0.05) is 31.3 Å². The quantitative estimate of drug-likeness (QED) is 0.903. The topological polar surface area (TPSA) is 50.8 Å². The smallest absolute Gasteiger partial charge is 0.253 e. The normalized spacial score (nSPS) is 22.3. The van der Waals surface area contributed by atoms with E-state index in [0.717, 1.165) is 51.1 Å². The van der Waals surface area contributed by atoms with Crippen molar-refractivity contribution in [1.29, 1.82) is 0 Å². The van der Waals surface area contributed by atoms with Crippen LogP contribution in [0.2, 0.25) is 0 Å². The van der Waals surface area contributed by atoms with E-state index >= 15 is 0 Å². The molecule has 1 aromatic rings. The molecule has 2 saturated heterocycles. The van der Waals surface area contributed by atoms with Gasteiger partial charge in [-0.05, 0) is 50.9 Å². The lowest BCUT2D eigenvalue weighted by Crippen LogP contribution is -2.43. The van der Waals surface area contributed by atoms with Gasteiger partial charge >= 0.3 is 0 Å². The molecule has 0 aromatic heterocycles. The minimum Gasteiger partial charge on any atom is -0.491 e. The fourth-order valence-electron chi connectivity index (χ4n) is 3.24. The lowest BCUT2D eigenvalue weighted by Gasteiger charge is -2.31. The Balaban J connectivity index is 1.56. The number of nitrogens with one attached hydrogen (secondary N) is 1. The van der Waals surface area contributed by atoms with Gasteiger partial charge in [0.1, 0.15) is 12.4 Å². The first-order valence-corrected chi connectivity index (χ1v) is 8.57. The number of hydrogen-bond donors (Lipinski definition) is 1. The van der Waals surface area contributed by atoms with Crippen molar-refractivity contribution in [3.05, 3.63) is 29.8 Å². The second-order valence-electron chi connectivity index (χ2n) is 6.33. The van der Waals surface area contributed by atoms with Crippen molar-refractivity contribution < 1.29 is 14.3 Å². The van der Waals surface area contributed by atoms with E-state index in [2.05, 4.69) is 5.32 Å². The summed E-state index contributed by atoms with van der Waals surface area (Å²) in [5, 5.41) is 3.29. The Labute approximate surface area is 137 Å². The Morgan fingerprint density at radius 1 is 1.35 bits per heavy atom. The minimum absolute atomic E-state index is 0.0992. The van der Waals surface area contributed by atoms with E-state index in [9.17, 15) is 4.79 Å². The van der Waals surface area contributed by atoms with E-state index in [-0.39, 0.29) is 12.0 Å². The van der Waals surface area contributed by atoms with Crippen LogP contribution in [0.4, 0.5) is 0 Å². The van der Waals surface area contributed by atoms with Crippen molar-refractivity contribution in [3.63, 3.8) is 0 Å². The van der Waals surface area contributed by atoms with Gasteiger partial charge in [0.05, 0.1) is 6.10 Å². The molecule has 5 heteroatoms. The molecule has 0 aliphatic carbocycles. The number of carbonyl (C=O) groups excluding carboxylic acids is 1. The summed E-state index contributed by atoms with van der Waals surface area (Å²) in [5.41, 5.74) is 0.706.